The first-order valence-electron chi connectivity index (χ1n) is 4.00. The van der Waals surface area contributed by atoms with Crippen molar-refractivity contribution in [2.24, 2.45) is 0 Å². The molecule has 15 heavy (non-hydrogen) atoms. The molecular weight excluding hydrogens is 205 g/mol. The normalized spacial score (nSPS) is 9.80. The molecule has 0 heterocycles. The second-order valence-corrected chi connectivity index (χ2v) is 2.79. The number of ether oxygens (including phenoxy) is 1. The number of nitrogens with zero attached hydrogens (tertiary/aromatic N) is 1. The van der Waals surface area contributed by atoms with Crippen LogP contribution >= 0.6 is 0 Å². The monoisotopic (exact) mass is 213 g/mol. The van der Waals surface area contributed by atoms with Gasteiger partial charge < -0.3 is 4.74 Å². The van der Waals surface area contributed by atoms with Gasteiger partial charge in [-0.15, -0.1) is 0 Å². The average molecular weight is 213 g/mol. The first-order chi connectivity index (χ1) is 6.99. The number of benzene rings is 1. The molecule has 1 aromatic rings. The van der Waals surface area contributed by atoms with E-state index in [4.69, 9.17) is 0 Å². The summed E-state index contributed by atoms with van der Waals surface area (Å²) in [5.74, 6) is -1.90. The summed E-state index contributed by atoms with van der Waals surface area (Å²) in [6.45, 7) is 1.17. The van der Waals surface area contributed by atoms with E-state index in [2.05, 4.69) is 4.74 Å². The minimum absolute atomic E-state index is 0.168. The van der Waals surface area contributed by atoms with Gasteiger partial charge >= 0.3 is 5.69 Å². The number of Topliss-reactive ketones (excluding diaryl/α,β-unsaturated/α-hetero) is 1. The van der Waals surface area contributed by atoms with Crippen molar-refractivity contribution < 1.29 is 18.8 Å². The van der Waals surface area contributed by atoms with Crippen molar-refractivity contribution in [1.82, 2.24) is 0 Å². The number of hydrogen-bond donors (Lipinski definition) is 0. The lowest BCUT2D eigenvalue weighted by Gasteiger charge is -2.05. The zero-order valence-corrected chi connectivity index (χ0v) is 8.11. The van der Waals surface area contributed by atoms with Gasteiger partial charge in [0.1, 0.15) is 0 Å². The van der Waals surface area contributed by atoms with Crippen LogP contribution in [0.5, 0.6) is 5.75 Å². The van der Waals surface area contributed by atoms with Crippen molar-refractivity contribution in [3.8, 4) is 5.75 Å². The van der Waals surface area contributed by atoms with Gasteiger partial charge in [0.25, 0.3) is 0 Å². The maximum atomic E-state index is 13.1. The highest BCUT2D eigenvalue weighted by molar-refractivity contribution is 5.99. The van der Waals surface area contributed by atoms with Crippen LogP contribution in [0.4, 0.5) is 10.1 Å². The molecule has 0 saturated heterocycles. The third kappa shape index (κ3) is 1.93. The van der Waals surface area contributed by atoms with Gasteiger partial charge in [0.05, 0.1) is 17.6 Å². The average Bonchev–Trinajstić information content (AvgIpc) is 2.16. The summed E-state index contributed by atoms with van der Waals surface area (Å²) in [6, 6.07) is 2.03. The molecule has 6 heteroatoms. The Labute approximate surface area is 84.6 Å². The molecule has 0 aliphatic carbocycles. The van der Waals surface area contributed by atoms with Crippen LogP contribution in [0, 0.1) is 15.9 Å². The van der Waals surface area contributed by atoms with Crippen LogP contribution in [0.25, 0.3) is 0 Å². The third-order valence-corrected chi connectivity index (χ3v) is 1.85. The summed E-state index contributed by atoms with van der Waals surface area (Å²) in [4.78, 5) is 20.9. The highest BCUT2D eigenvalue weighted by Crippen LogP contribution is 2.33. The number of nitro benzene ring substituents is 1. The summed E-state index contributed by atoms with van der Waals surface area (Å²) >= 11 is 0. The Kier molecular flexibility index (Phi) is 2.99. The fraction of sp³-hybridized carbons (Fsp3) is 0.222. The summed E-state index contributed by atoms with van der Waals surface area (Å²) in [6.07, 6.45) is 0. The molecule has 0 radical (unpaired) electrons. The first-order valence-corrected chi connectivity index (χ1v) is 4.00. The van der Waals surface area contributed by atoms with Crippen LogP contribution in [-0.2, 0) is 0 Å². The van der Waals surface area contributed by atoms with Crippen LogP contribution in [-0.4, -0.2) is 17.8 Å². The lowest BCUT2D eigenvalue weighted by Crippen LogP contribution is -2.04. The molecule has 0 amide bonds. The van der Waals surface area contributed by atoms with Gasteiger partial charge in [-0.2, -0.15) is 0 Å². The van der Waals surface area contributed by atoms with Crippen LogP contribution in [0.1, 0.15) is 17.3 Å². The van der Waals surface area contributed by atoms with E-state index >= 15 is 0 Å². The van der Waals surface area contributed by atoms with E-state index in [0.29, 0.717) is 0 Å². The number of hydrogen-bond acceptors (Lipinski definition) is 4. The molecular formula is C9H8FNO4. The zero-order chi connectivity index (χ0) is 11.6. The van der Waals surface area contributed by atoms with Crippen molar-refractivity contribution in [2.75, 3.05) is 7.11 Å². The number of methoxy groups -OCH3 is 1. The minimum Gasteiger partial charge on any atom is -0.488 e. The second-order valence-electron chi connectivity index (χ2n) is 2.79. The molecule has 0 fully saturated rings. The van der Waals surface area contributed by atoms with E-state index < -0.39 is 28.0 Å². The molecule has 0 aliphatic rings. The molecule has 0 bridgehead atoms. The zero-order valence-electron chi connectivity index (χ0n) is 8.11. The van der Waals surface area contributed by atoms with Gasteiger partial charge in [-0.3, -0.25) is 14.9 Å². The Morgan fingerprint density at radius 3 is 2.53 bits per heavy atom. The van der Waals surface area contributed by atoms with E-state index in [1.807, 2.05) is 0 Å². The quantitative estimate of drug-likeness (QED) is 0.437. The maximum Gasteiger partial charge on any atom is 0.324 e. The highest BCUT2D eigenvalue weighted by atomic mass is 19.1. The first kappa shape index (κ1) is 11.1. The summed E-state index contributed by atoms with van der Waals surface area (Å²) in [7, 11) is 1.11. The predicted molar refractivity (Wildman–Crippen MR) is 49.6 cm³/mol. The predicted octanol–water partition coefficient (Wildman–Crippen LogP) is 1.95. The van der Waals surface area contributed by atoms with Crippen molar-refractivity contribution in [2.45, 2.75) is 6.92 Å². The lowest BCUT2D eigenvalue weighted by atomic mass is 10.1. The Balaban J connectivity index is 3.56. The van der Waals surface area contributed by atoms with Gasteiger partial charge in [-0.1, -0.05) is 0 Å². The Bertz CT molecular complexity index is 430. The Hall–Kier alpha value is -1.98. The molecule has 0 atom stereocenters. The number of rotatable bonds is 3. The molecule has 0 aliphatic heterocycles. The number of ketones is 1. The second kappa shape index (κ2) is 4.04. The fourth-order valence-electron chi connectivity index (χ4n) is 1.21. The van der Waals surface area contributed by atoms with Crippen LogP contribution in [0.15, 0.2) is 12.1 Å². The smallest absolute Gasteiger partial charge is 0.324 e. The van der Waals surface area contributed by atoms with Crippen LogP contribution in [0.3, 0.4) is 0 Å². The largest absolute Gasteiger partial charge is 0.488 e. The Morgan fingerprint density at radius 1 is 1.53 bits per heavy atom. The third-order valence-electron chi connectivity index (χ3n) is 1.85. The van der Waals surface area contributed by atoms with Gasteiger partial charge in [0.15, 0.2) is 11.6 Å². The number of halogens is 1. The van der Waals surface area contributed by atoms with E-state index in [1.165, 1.54) is 6.92 Å². The molecule has 0 saturated carbocycles. The van der Waals surface area contributed by atoms with E-state index in [1.54, 1.807) is 0 Å². The summed E-state index contributed by atoms with van der Waals surface area (Å²) in [5.41, 5.74) is -0.803. The SMILES string of the molecule is COc1c(F)ccc(C(C)=O)c1[N+](=O)[O-]. The summed E-state index contributed by atoms with van der Waals surface area (Å²) in [5, 5.41) is 10.7. The molecule has 0 aromatic heterocycles. The number of carbonyl (C=O) groups excluding carboxylic acids is 1. The summed E-state index contributed by atoms with van der Waals surface area (Å²) < 4.78 is 17.7. The Morgan fingerprint density at radius 2 is 2.13 bits per heavy atom. The fourth-order valence-corrected chi connectivity index (χ4v) is 1.21. The highest BCUT2D eigenvalue weighted by Gasteiger charge is 2.26. The van der Waals surface area contributed by atoms with E-state index in [9.17, 15) is 19.3 Å². The van der Waals surface area contributed by atoms with Crippen molar-refractivity contribution >= 4 is 11.5 Å². The van der Waals surface area contributed by atoms with Crippen LogP contribution in [0.2, 0.25) is 0 Å². The van der Waals surface area contributed by atoms with Gasteiger partial charge in [-0.25, -0.2) is 4.39 Å². The van der Waals surface area contributed by atoms with Crippen LogP contribution < -0.4 is 4.74 Å². The van der Waals surface area contributed by atoms with E-state index in [-0.39, 0.29) is 5.56 Å². The van der Waals surface area contributed by atoms with Gasteiger partial charge in [0, 0.05) is 0 Å². The number of carbonyl (C=O) groups is 1. The van der Waals surface area contributed by atoms with Crippen molar-refractivity contribution in [3.05, 3.63) is 33.6 Å². The van der Waals surface area contributed by atoms with Crippen molar-refractivity contribution in [3.63, 3.8) is 0 Å². The van der Waals surface area contributed by atoms with Gasteiger partial charge in [0.2, 0.25) is 5.75 Å². The van der Waals surface area contributed by atoms with E-state index in [0.717, 1.165) is 19.2 Å². The molecule has 1 aromatic carbocycles. The molecule has 0 spiro atoms. The molecule has 0 N–H and O–H groups in total. The molecule has 0 unspecified atom stereocenters. The number of nitro groups is 1. The molecule has 1 rings (SSSR count). The maximum absolute atomic E-state index is 13.1. The van der Waals surface area contributed by atoms with Gasteiger partial charge in [-0.05, 0) is 19.1 Å². The lowest BCUT2D eigenvalue weighted by molar-refractivity contribution is -0.386. The minimum atomic E-state index is -0.866. The molecule has 80 valence electrons. The standard InChI is InChI=1S/C9H8FNO4/c1-5(12)6-3-4-7(10)9(15-2)8(6)11(13)14/h3-4H,1-2H3. The molecule has 5 nitrogen and oxygen atoms in total. The topological polar surface area (TPSA) is 69.4 Å². The van der Waals surface area contributed by atoms with Crippen molar-refractivity contribution in [1.29, 1.82) is 0 Å².